The van der Waals surface area contributed by atoms with Gasteiger partial charge in [0.25, 0.3) is 0 Å². The Hall–Kier alpha value is -7.62. The number of benzene rings is 9. The molecule has 6 heterocycles. The Morgan fingerprint density at radius 2 is 0.733 bits per heavy atom. The zero-order valence-electron chi connectivity index (χ0n) is 33.4. The number of aryl methyl sites for hydroxylation is 2. The number of hydrogen-bond donors (Lipinski definition) is 0. The van der Waals surface area contributed by atoms with Crippen molar-refractivity contribution >= 4 is 114 Å². The lowest BCUT2D eigenvalue weighted by Gasteiger charge is -2.16. The van der Waals surface area contributed by atoms with Crippen molar-refractivity contribution in [2.24, 2.45) is 0 Å². The molecule has 9 aromatic carbocycles. The van der Waals surface area contributed by atoms with E-state index in [-0.39, 0.29) is 0 Å². The van der Waals surface area contributed by atoms with Gasteiger partial charge < -0.3 is 13.2 Å². The van der Waals surface area contributed by atoms with E-state index in [1.165, 1.54) is 153 Å². The van der Waals surface area contributed by atoms with Crippen LogP contribution < -0.4 is 0 Å². The van der Waals surface area contributed by atoms with Gasteiger partial charge in [0, 0.05) is 64.6 Å². The number of hydrogen-bond acceptors (Lipinski definition) is 0. The van der Waals surface area contributed by atoms with E-state index in [1.54, 1.807) is 0 Å². The molecule has 3 nitrogen and oxygen atoms in total. The predicted molar refractivity (Wildman–Crippen MR) is 256 cm³/mol. The Morgan fingerprint density at radius 1 is 0.267 bits per heavy atom. The molecule has 0 amide bonds. The van der Waals surface area contributed by atoms with Crippen molar-refractivity contribution in [1.82, 2.24) is 13.2 Å². The second-order valence-corrected chi connectivity index (χ2v) is 17.3. The lowest BCUT2D eigenvalue weighted by Crippen LogP contribution is -1.93. The first-order valence-electron chi connectivity index (χ1n) is 21.1. The quantitative estimate of drug-likeness (QED) is 0.166. The second-order valence-electron chi connectivity index (χ2n) is 17.3. The van der Waals surface area contributed by atoms with Crippen LogP contribution in [0.3, 0.4) is 0 Å². The van der Waals surface area contributed by atoms with Gasteiger partial charge in [-0.1, -0.05) is 115 Å². The van der Waals surface area contributed by atoms with Gasteiger partial charge in [-0.3, -0.25) is 0 Å². The molecule has 0 saturated heterocycles. The van der Waals surface area contributed by atoms with E-state index in [0.29, 0.717) is 0 Å². The average molecular weight is 762 g/mol. The van der Waals surface area contributed by atoms with Crippen LogP contribution in [0.4, 0.5) is 0 Å². The van der Waals surface area contributed by atoms with Crippen LogP contribution in [-0.4, -0.2) is 13.2 Å². The first kappa shape index (κ1) is 31.4. The summed E-state index contributed by atoms with van der Waals surface area (Å²) in [5.41, 5.74) is 20.7. The Balaban J connectivity index is 1.13. The topological polar surface area (TPSA) is 13.2 Å². The second kappa shape index (κ2) is 10.5. The number of nitrogens with zero attached hydrogens (tertiary/aromatic N) is 3. The minimum absolute atomic E-state index is 1.26. The van der Waals surface area contributed by atoms with Crippen molar-refractivity contribution in [3.05, 3.63) is 174 Å². The van der Waals surface area contributed by atoms with Gasteiger partial charge in [-0.2, -0.15) is 0 Å². The lowest BCUT2D eigenvalue weighted by atomic mass is 9.87. The zero-order chi connectivity index (χ0) is 39.3. The molecule has 15 rings (SSSR count). The highest BCUT2D eigenvalue weighted by atomic mass is 15.0. The number of rotatable bonds is 2. The fourth-order valence-electron chi connectivity index (χ4n) is 12.0. The third-order valence-electron chi connectivity index (χ3n) is 14.6. The van der Waals surface area contributed by atoms with Crippen LogP contribution >= 0.6 is 0 Å². The van der Waals surface area contributed by atoms with E-state index in [0.717, 1.165) is 0 Å². The van der Waals surface area contributed by atoms with Gasteiger partial charge in [-0.05, 0) is 102 Å². The van der Waals surface area contributed by atoms with Crippen LogP contribution in [-0.2, 0) is 0 Å². The average Bonchev–Trinajstić information content (AvgIpc) is 4.11. The first-order valence-corrected chi connectivity index (χ1v) is 21.1. The van der Waals surface area contributed by atoms with Gasteiger partial charge in [0.2, 0.25) is 0 Å². The van der Waals surface area contributed by atoms with Crippen LogP contribution in [0.15, 0.2) is 158 Å². The van der Waals surface area contributed by atoms with Crippen molar-refractivity contribution < 1.29 is 0 Å². The standard InChI is InChI=1S/C57H35N3/c1-30-14-4-5-15-33(30)34-19-12-20-35(31(34)2)41-26-45-42-28-51-43(29-50(42)58-48-24-10-7-17-39(48)52(32(41)3)55(45)58)46-27-44-38-22-13-21-37-36-16-6-9-23-47(36)60(54(37)38)57(44)53-40-18-8-11-25-49(40)59(51)56(46)53/h4-29H,1-3H3. The summed E-state index contributed by atoms with van der Waals surface area (Å²) in [6, 6.07) is 59.6. The van der Waals surface area contributed by atoms with Crippen LogP contribution in [0, 0.1) is 20.8 Å². The van der Waals surface area contributed by atoms with Crippen molar-refractivity contribution in [1.29, 1.82) is 0 Å². The van der Waals surface area contributed by atoms with E-state index >= 15 is 0 Å². The molecule has 0 radical (unpaired) electrons. The zero-order valence-corrected chi connectivity index (χ0v) is 33.4. The molecule has 0 saturated carbocycles. The molecule has 15 aromatic rings. The van der Waals surface area contributed by atoms with Gasteiger partial charge in [0.05, 0.1) is 49.7 Å². The Bertz CT molecular complexity index is 4380. The van der Waals surface area contributed by atoms with E-state index < -0.39 is 0 Å². The fourth-order valence-corrected chi connectivity index (χ4v) is 12.0. The molecule has 0 N–H and O–H groups in total. The van der Waals surface area contributed by atoms with Crippen molar-refractivity contribution in [2.45, 2.75) is 20.8 Å². The number of aromatic nitrogens is 3. The molecule has 0 unspecified atom stereocenters. The highest BCUT2D eigenvalue weighted by Crippen LogP contribution is 2.51. The van der Waals surface area contributed by atoms with Crippen molar-refractivity contribution in [3.8, 4) is 22.3 Å². The normalized spacial score (nSPS) is 12.9. The summed E-state index contributed by atoms with van der Waals surface area (Å²) in [5, 5.41) is 15.8. The number of fused-ring (bicyclic) bond motifs is 19. The predicted octanol–water partition coefficient (Wildman–Crippen LogP) is 15.4. The molecule has 3 heteroatoms. The van der Waals surface area contributed by atoms with Crippen LogP contribution in [0.5, 0.6) is 0 Å². The highest BCUT2D eigenvalue weighted by Gasteiger charge is 2.28. The summed E-state index contributed by atoms with van der Waals surface area (Å²) in [5.74, 6) is 0. The van der Waals surface area contributed by atoms with Crippen LogP contribution in [0.25, 0.3) is 137 Å². The van der Waals surface area contributed by atoms with Gasteiger partial charge in [0.1, 0.15) is 0 Å². The molecule has 60 heavy (non-hydrogen) atoms. The smallest absolute Gasteiger partial charge is 0.0642 e. The molecule has 0 fully saturated rings. The lowest BCUT2D eigenvalue weighted by molar-refractivity contribution is 1.36. The maximum atomic E-state index is 2.58. The van der Waals surface area contributed by atoms with Crippen molar-refractivity contribution in [2.75, 3.05) is 0 Å². The monoisotopic (exact) mass is 761 g/mol. The summed E-state index contributed by atoms with van der Waals surface area (Å²) in [7, 11) is 0. The summed E-state index contributed by atoms with van der Waals surface area (Å²) >= 11 is 0. The molecule has 6 aromatic heterocycles. The molecule has 0 aliphatic heterocycles. The third-order valence-corrected chi connectivity index (χ3v) is 14.6. The van der Waals surface area contributed by atoms with E-state index in [2.05, 4.69) is 192 Å². The van der Waals surface area contributed by atoms with E-state index in [9.17, 15) is 0 Å². The maximum absolute atomic E-state index is 2.58. The molecule has 0 atom stereocenters. The van der Waals surface area contributed by atoms with Gasteiger partial charge in [0.15, 0.2) is 0 Å². The van der Waals surface area contributed by atoms with Gasteiger partial charge in [-0.25, -0.2) is 0 Å². The minimum Gasteiger partial charge on any atom is -0.308 e. The molecule has 0 bridgehead atoms. The molecular weight excluding hydrogens is 727 g/mol. The first-order chi connectivity index (χ1) is 29.6. The fraction of sp³-hybridized carbons (Fsp3) is 0.0526. The molecular formula is C57H35N3. The van der Waals surface area contributed by atoms with Gasteiger partial charge >= 0.3 is 0 Å². The van der Waals surface area contributed by atoms with E-state index in [1.807, 2.05) is 0 Å². The molecule has 0 aliphatic rings. The summed E-state index contributed by atoms with van der Waals surface area (Å²) in [6.45, 7) is 6.87. The summed E-state index contributed by atoms with van der Waals surface area (Å²) in [4.78, 5) is 0. The van der Waals surface area contributed by atoms with E-state index in [4.69, 9.17) is 0 Å². The van der Waals surface area contributed by atoms with Crippen LogP contribution in [0.1, 0.15) is 16.7 Å². The largest absolute Gasteiger partial charge is 0.308 e. The minimum atomic E-state index is 1.26. The van der Waals surface area contributed by atoms with Crippen LogP contribution in [0.2, 0.25) is 0 Å². The van der Waals surface area contributed by atoms with Crippen molar-refractivity contribution in [3.63, 3.8) is 0 Å². The highest BCUT2D eigenvalue weighted by molar-refractivity contribution is 6.37. The third kappa shape index (κ3) is 3.46. The molecule has 278 valence electrons. The molecule has 0 spiro atoms. The Morgan fingerprint density at radius 3 is 1.43 bits per heavy atom. The maximum Gasteiger partial charge on any atom is 0.0642 e. The molecule has 0 aliphatic carbocycles. The summed E-state index contributed by atoms with van der Waals surface area (Å²) in [6.07, 6.45) is 0. The Labute approximate surface area is 343 Å². The van der Waals surface area contributed by atoms with Gasteiger partial charge in [-0.15, -0.1) is 0 Å². The summed E-state index contributed by atoms with van der Waals surface area (Å²) < 4.78 is 7.71. The number of para-hydroxylation sites is 4. The SMILES string of the molecule is Cc1ccccc1-c1cccc(-c2cc3c4cc5c(cc4n4c6ccccc6c(c2C)c34)c2cc3c4cccc6c7ccccc7n(c64)c3c3c4ccccc4n5c23)c1C. The Kier molecular flexibility index (Phi) is 5.50.